The topological polar surface area (TPSA) is 9.23 Å². The van der Waals surface area contributed by atoms with Crippen molar-refractivity contribution >= 4 is 11.6 Å². The van der Waals surface area contributed by atoms with Crippen LogP contribution in [0.5, 0.6) is 5.75 Å². The van der Waals surface area contributed by atoms with Crippen molar-refractivity contribution in [2.45, 2.75) is 39.0 Å². The van der Waals surface area contributed by atoms with Crippen LogP contribution in [0.2, 0.25) is 0 Å². The van der Waals surface area contributed by atoms with Gasteiger partial charge in [-0.1, -0.05) is 44.1 Å². The molecule has 0 aliphatic heterocycles. The average Bonchev–Trinajstić information content (AvgIpc) is 2.39. The van der Waals surface area contributed by atoms with Crippen molar-refractivity contribution in [3.8, 4) is 17.6 Å². The molecule has 0 saturated heterocycles. The second kappa shape index (κ2) is 9.85. The lowest BCUT2D eigenvalue weighted by molar-refractivity contribution is 0.305. The van der Waals surface area contributed by atoms with E-state index in [4.69, 9.17) is 16.3 Å². The quantitative estimate of drug-likeness (QED) is 0.396. The Bertz CT molecular complexity index is 390. The van der Waals surface area contributed by atoms with Crippen molar-refractivity contribution in [3.63, 3.8) is 0 Å². The molecule has 0 fully saturated rings. The monoisotopic (exact) mass is 264 g/mol. The Morgan fingerprint density at radius 1 is 1.22 bits per heavy atom. The Morgan fingerprint density at radius 3 is 2.89 bits per heavy atom. The highest BCUT2D eigenvalue weighted by Gasteiger charge is 1.95. The van der Waals surface area contributed by atoms with Crippen molar-refractivity contribution in [2.75, 3.05) is 12.5 Å². The van der Waals surface area contributed by atoms with Gasteiger partial charge in [0.1, 0.15) is 5.75 Å². The molecule has 0 spiro atoms. The van der Waals surface area contributed by atoms with Crippen LogP contribution in [-0.4, -0.2) is 12.5 Å². The van der Waals surface area contributed by atoms with E-state index in [2.05, 4.69) is 18.8 Å². The number of rotatable bonds is 7. The minimum absolute atomic E-state index is 0.584. The molecule has 18 heavy (non-hydrogen) atoms. The minimum Gasteiger partial charge on any atom is -0.494 e. The van der Waals surface area contributed by atoms with Gasteiger partial charge in [-0.05, 0) is 24.6 Å². The van der Waals surface area contributed by atoms with Gasteiger partial charge >= 0.3 is 0 Å². The Balaban J connectivity index is 2.38. The van der Waals surface area contributed by atoms with Crippen LogP contribution in [0.25, 0.3) is 0 Å². The van der Waals surface area contributed by atoms with E-state index in [1.807, 2.05) is 24.3 Å². The van der Waals surface area contributed by atoms with Gasteiger partial charge in [0.05, 0.1) is 6.61 Å². The van der Waals surface area contributed by atoms with Crippen LogP contribution in [0.15, 0.2) is 24.3 Å². The van der Waals surface area contributed by atoms with Crippen LogP contribution in [0.4, 0.5) is 0 Å². The number of benzene rings is 1. The van der Waals surface area contributed by atoms with E-state index in [-0.39, 0.29) is 0 Å². The fourth-order valence-corrected chi connectivity index (χ4v) is 1.69. The highest BCUT2D eigenvalue weighted by Crippen LogP contribution is 2.13. The molecule has 0 bridgehead atoms. The Morgan fingerprint density at radius 2 is 2.11 bits per heavy atom. The van der Waals surface area contributed by atoms with E-state index in [1.165, 1.54) is 19.3 Å². The maximum Gasteiger partial charge on any atom is 0.120 e. The van der Waals surface area contributed by atoms with Crippen LogP contribution in [-0.2, 0) is 0 Å². The Kier molecular flexibility index (Phi) is 8.17. The minimum atomic E-state index is 0.584. The summed E-state index contributed by atoms with van der Waals surface area (Å²) in [5.74, 6) is 7.60. The van der Waals surface area contributed by atoms with Gasteiger partial charge in [-0.2, -0.15) is 0 Å². The second-order valence-corrected chi connectivity index (χ2v) is 4.56. The summed E-state index contributed by atoms with van der Waals surface area (Å²) >= 11 is 5.58. The van der Waals surface area contributed by atoms with Gasteiger partial charge < -0.3 is 4.74 Å². The fraction of sp³-hybridized carbons (Fsp3) is 0.500. The molecule has 1 nitrogen and oxygen atoms in total. The molecule has 0 amide bonds. The largest absolute Gasteiger partial charge is 0.494 e. The predicted octanol–water partition coefficient (Wildman–Crippen LogP) is 4.63. The van der Waals surface area contributed by atoms with E-state index in [9.17, 15) is 0 Å². The normalized spacial score (nSPS) is 9.67. The first kappa shape index (κ1) is 14.9. The molecule has 0 aliphatic carbocycles. The lowest BCUT2D eigenvalue weighted by Crippen LogP contribution is -1.97. The van der Waals surface area contributed by atoms with E-state index >= 15 is 0 Å². The molecule has 0 unspecified atom stereocenters. The van der Waals surface area contributed by atoms with Crippen molar-refractivity contribution in [3.05, 3.63) is 29.8 Å². The molecule has 0 radical (unpaired) electrons. The van der Waals surface area contributed by atoms with Gasteiger partial charge in [-0.3, -0.25) is 0 Å². The molecule has 98 valence electrons. The van der Waals surface area contributed by atoms with E-state index < -0.39 is 0 Å². The summed E-state index contributed by atoms with van der Waals surface area (Å²) in [6, 6.07) is 7.94. The summed E-state index contributed by atoms with van der Waals surface area (Å²) in [6.07, 6.45) is 5.63. The summed E-state index contributed by atoms with van der Waals surface area (Å²) in [5, 5.41) is 0. The molecular weight excluding hydrogens is 244 g/mol. The molecule has 0 aromatic heterocycles. The number of alkyl halides is 1. The van der Waals surface area contributed by atoms with Crippen molar-refractivity contribution in [2.24, 2.45) is 0 Å². The first-order chi connectivity index (χ1) is 8.86. The van der Waals surface area contributed by atoms with Crippen molar-refractivity contribution in [1.82, 2.24) is 0 Å². The standard InChI is InChI=1S/C16H21ClO/c1-2-3-4-7-13-18-16-11-8-10-15(14-16)9-5-6-12-17/h8,10-11,14H,2-4,6-7,12-13H2,1H3. The summed E-state index contributed by atoms with van der Waals surface area (Å²) < 4.78 is 5.71. The molecule has 1 rings (SSSR count). The summed E-state index contributed by atoms with van der Waals surface area (Å²) in [7, 11) is 0. The third-order valence-corrected chi connectivity index (χ3v) is 2.74. The summed E-state index contributed by atoms with van der Waals surface area (Å²) in [6.45, 7) is 3.00. The van der Waals surface area contributed by atoms with Gasteiger partial charge in [-0.25, -0.2) is 0 Å². The predicted molar refractivity (Wildman–Crippen MR) is 78.3 cm³/mol. The molecule has 1 aromatic carbocycles. The van der Waals surface area contributed by atoms with E-state index in [1.54, 1.807) is 0 Å². The Hall–Kier alpha value is -1.13. The smallest absolute Gasteiger partial charge is 0.120 e. The Labute approximate surface area is 115 Å². The third kappa shape index (κ3) is 6.57. The lowest BCUT2D eigenvalue weighted by atomic mass is 10.2. The number of unbranched alkanes of at least 4 members (excludes halogenated alkanes) is 3. The van der Waals surface area contributed by atoms with Crippen molar-refractivity contribution < 1.29 is 4.74 Å². The van der Waals surface area contributed by atoms with Gasteiger partial charge in [0, 0.05) is 17.9 Å². The summed E-state index contributed by atoms with van der Waals surface area (Å²) in [5.41, 5.74) is 0.992. The van der Waals surface area contributed by atoms with Gasteiger partial charge in [-0.15, -0.1) is 11.6 Å². The first-order valence-corrected chi connectivity index (χ1v) is 7.18. The number of hydrogen-bond acceptors (Lipinski definition) is 1. The number of ether oxygens (including phenoxy) is 1. The van der Waals surface area contributed by atoms with E-state index in [0.29, 0.717) is 5.88 Å². The van der Waals surface area contributed by atoms with Crippen LogP contribution < -0.4 is 4.74 Å². The first-order valence-electron chi connectivity index (χ1n) is 6.64. The second-order valence-electron chi connectivity index (χ2n) is 4.18. The van der Waals surface area contributed by atoms with Crippen LogP contribution in [0.3, 0.4) is 0 Å². The molecular formula is C16H21ClO. The highest BCUT2D eigenvalue weighted by molar-refractivity contribution is 6.18. The molecule has 0 heterocycles. The van der Waals surface area contributed by atoms with Crippen LogP contribution in [0.1, 0.15) is 44.6 Å². The third-order valence-electron chi connectivity index (χ3n) is 2.55. The van der Waals surface area contributed by atoms with Gasteiger partial charge in [0.2, 0.25) is 0 Å². The zero-order valence-corrected chi connectivity index (χ0v) is 11.8. The van der Waals surface area contributed by atoms with Gasteiger partial charge in [0.15, 0.2) is 0 Å². The molecule has 0 atom stereocenters. The molecule has 0 N–H and O–H groups in total. The average molecular weight is 265 g/mol. The van der Waals surface area contributed by atoms with Crippen LogP contribution in [0, 0.1) is 11.8 Å². The lowest BCUT2D eigenvalue weighted by Gasteiger charge is -2.05. The summed E-state index contributed by atoms with van der Waals surface area (Å²) in [4.78, 5) is 0. The molecule has 2 heteroatoms. The maximum atomic E-state index is 5.71. The van der Waals surface area contributed by atoms with E-state index in [0.717, 1.165) is 30.8 Å². The molecule has 0 saturated carbocycles. The SMILES string of the molecule is CCCCCCOc1cccc(C#CCCCl)c1. The highest BCUT2D eigenvalue weighted by atomic mass is 35.5. The zero-order chi connectivity index (χ0) is 13.1. The molecule has 1 aromatic rings. The van der Waals surface area contributed by atoms with Crippen molar-refractivity contribution in [1.29, 1.82) is 0 Å². The number of halogens is 1. The molecule has 0 aliphatic rings. The fourth-order valence-electron chi connectivity index (χ4n) is 1.59. The number of hydrogen-bond donors (Lipinski definition) is 0. The maximum absolute atomic E-state index is 5.71. The zero-order valence-electron chi connectivity index (χ0n) is 11.0. The van der Waals surface area contributed by atoms with Crippen LogP contribution >= 0.6 is 11.6 Å². The van der Waals surface area contributed by atoms with Gasteiger partial charge in [0.25, 0.3) is 0 Å².